The smallest absolute Gasteiger partial charge is 0.410 e. The van der Waals surface area contributed by atoms with Crippen molar-refractivity contribution in [2.24, 2.45) is 0 Å². The van der Waals surface area contributed by atoms with E-state index in [0.29, 0.717) is 31.1 Å². The number of anilines is 1. The second-order valence-electron chi connectivity index (χ2n) is 11.8. The Balaban J connectivity index is 1.13. The molecule has 0 aliphatic carbocycles. The summed E-state index contributed by atoms with van der Waals surface area (Å²) < 4.78 is 5.48. The van der Waals surface area contributed by atoms with Gasteiger partial charge in [-0.3, -0.25) is 9.69 Å². The minimum atomic E-state index is -0.609. The first-order valence-electron chi connectivity index (χ1n) is 14.0. The number of benzene rings is 1. The van der Waals surface area contributed by atoms with Gasteiger partial charge in [0, 0.05) is 57.4 Å². The minimum Gasteiger partial charge on any atom is -0.444 e. The number of nitrogens with one attached hydrogen (secondary N) is 1. The molecule has 4 heterocycles. The van der Waals surface area contributed by atoms with Crippen LogP contribution in [0.3, 0.4) is 0 Å². The highest BCUT2D eigenvalue weighted by Crippen LogP contribution is 2.26. The maximum atomic E-state index is 13.3. The fourth-order valence-electron chi connectivity index (χ4n) is 5.79. The van der Waals surface area contributed by atoms with E-state index in [4.69, 9.17) is 4.74 Å². The molecule has 2 saturated heterocycles. The summed E-state index contributed by atoms with van der Waals surface area (Å²) in [6, 6.07) is 10.3. The number of hydrogen-bond acceptors (Lipinski definition) is 8. The van der Waals surface area contributed by atoms with Crippen LogP contribution in [0.25, 0.3) is 0 Å². The van der Waals surface area contributed by atoms with Gasteiger partial charge >= 0.3 is 6.09 Å². The molecule has 10 nitrogen and oxygen atoms in total. The van der Waals surface area contributed by atoms with Crippen LogP contribution < -0.4 is 5.32 Å². The number of carbonyl (C=O) groups is 2. The summed E-state index contributed by atoms with van der Waals surface area (Å²) in [5, 5.41) is 14.4. The summed E-state index contributed by atoms with van der Waals surface area (Å²) in [6.07, 6.45) is 3.73. The fraction of sp³-hybridized carbons (Fsp3) is 0.586. The number of aromatic nitrogens is 2. The van der Waals surface area contributed by atoms with E-state index in [1.165, 1.54) is 17.5 Å². The molecule has 1 aromatic heterocycles. The molecule has 2 amide bonds. The third-order valence-electron chi connectivity index (χ3n) is 7.85. The van der Waals surface area contributed by atoms with Crippen molar-refractivity contribution in [2.75, 3.05) is 38.0 Å². The number of piperidine rings is 2. The van der Waals surface area contributed by atoms with Crippen molar-refractivity contribution in [3.05, 3.63) is 53.5 Å². The number of likely N-dealkylation sites (tertiary alicyclic amines) is 2. The van der Waals surface area contributed by atoms with Crippen LogP contribution >= 0.6 is 0 Å². The molecule has 0 radical (unpaired) electrons. The van der Waals surface area contributed by atoms with E-state index in [1.54, 1.807) is 15.9 Å². The molecular weight excluding hydrogens is 496 g/mol. The highest BCUT2D eigenvalue weighted by atomic mass is 16.6. The van der Waals surface area contributed by atoms with Crippen LogP contribution in [0.2, 0.25) is 0 Å². The van der Waals surface area contributed by atoms with Crippen molar-refractivity contribution in [1.29, 1.82) is 0 Å². The molecule has 5 rings (SSSR count). The number of amides is 2. The van der Waals surface area contributed by atoms with Gasteiger partial charge in [0.15, 0.2) is 0 Å². The molecule has 0 spiro atoms. The molecule has 3 aliphatic rings. The van der Waals surface area contributed by atoms with Crippen LogP contribution in [0, 0.1) is 0 Å². The van der Waals surface area contributed by atoms with Crippen molar-refractivity contribution >= 4 is 17.8 Å². The summed E-state index contributed by atoms with van der Waals surface area (Å²) in [5.74, 6) is 0.396. The molecule has 0 saturated carbocycles. The first-order valence-corrected chi connectivity index (χ1v) is 14.0. The van der Waals surface area contributed by atoms with Gasteiger partial charge in [0.1, 0.15) is 23.4 Å². The topological polar surface area (TPSA) is 111 Å². The predicted octanol–water partition coefficient (Wildman–Crippen LogP) is 2.92. The standard InChI is InChI=1S/C29H40N6O4/c1-29(2,3)39-28(38)33-13-9-22(10-14-33)32-26-16-23(30-19-31-26)27(37)35-15-11-24(25(36)18-35)34-12-8-20-6-4-5-7-21(20)17-34/h4-7,16,19,22,24-25,36H,8-15,17-18H2,1-3H3,(H,30,31,32)/t24-,25-/m1/s1. The average Bonchev–Trinajstić information content (AvgIpc) is 2.92. The van der Waals surface area contributed by atoms with Crippen LogP contribution in [0.15, 0.2) is 36.7 Å². The number of carbonyl (C=O) groups excluding carboxylic acids is 2. The van der Waals surface area contributed by atoms with Crippen molar-refractivity contribution in [3.8, 4) is 0 Å². The molecule has 2 N–H and O–H groups in total. The number of nitrogens with zero attached hydrogens (tertiary/aromatic N) is 5. The number of aliphatic hydroxyl groups excluding tert-OH is 1. The molecule has 0 bridgehead atoms. The lowest BCUT2D eigenvalue weighted by Crippen LogP contribution is -2.56. The van der Waals surface area contributed by atoms with Gasteiger partial charge in [0.05, 0.1) is 6.10 Å². The normalized spacial score (nSPS) is 22.8. The highest BCUT2D eigenvalue weighted by molar-refractivity contribution is 5.93. The van der Waals surface area contributed by atoms with E-state index < -0.39 is 11.7 Å². The molecule has 3 aliphatic heterocycles. The maximum Gasteiger partial charge on any atom is 0.410 e. The van der Waals surface area contributed by atoms with Crippen molar-refractivity contribution in [2.45, 2.75) is 76.8 Å². The van der Waals surface area contributed by atoms with Gasteiger partial charge in [0.2, 0.25) is 0 Å². The molecule has 2 atom stereocenters. The SMILES string of the molecule is CC(C)(C)OC(=O)N1CCC(Nc2cc(C(=O)N3CC[C@@H](N4CCc5ccccc5C4)[C@H](O)C3)ncn2)CC1. The predicted molar refractivity (Wildman–Crippen MR) is 147 cm³/mol. The van der Waals surface area contributed by atoms with Crippen LogP contribution in [-0.4, -0.2) is 98.3 Å². The maximum absolute atomic E-state index is 13.3. The Labute approximate surface area is 230 Å². The van der Waals surface area contributed by atoms with Gasteiger partial charge in [-0.25, -0.2) is 14.8 Å². The highest BCUT2D eigenvalue weighted by Gasteiger charge is 2.36. The van der Waals surface area contributed by atoms with E-state index in [-0.39, 0.29) is 30.6 Å². The van der Waals surface area contributed by atoms with E-state index >= 15 is 0 Å². The minimum absolute atomic E-state index is 0.0385. The van der Waals surface area contributed by atoms with Crippen LogP contribution in [0.4, 0.5) is 10.6 Å². The Bertz CT molecular complexity index is 1180. The Kier molecular flexibility index (Phi) is 8.04. The summed E-state index contributed by atoms with van der Waals surface area (Å²) in [4.78, 5) is 40.0. The number of ether oxygens (including phenoxy) is 1. The monoisotopic (exact) mass is 536 g/mol. The first-order chi connectivity index (χ1) is 18.7. The molecule has 2 fully saturated rings. The van der Waals surface area contributed by atoms with E-state index in [2.05, 4.69) is 44.5 Å². The number of hydrogen-bond donors (Lipinski definition) is 2. The number of aliphatic hydroxyl groups is 1. The largest absolute Gasteiger partial charge is 0.444 e. The molecule has 10 heteroatoms. The van der Waals surface area contributed by atoms with Gasteiger partial charge in [-0.2, -0.15) is 0 Å². The lowest BCUT2D eigenvalue weighted by atomic mass is 9.94. The zero-order valence-corrected chi connectivity index (χ0v) is 23.2. The Morgan fingerprint density at radius 2 is 1.72 bits per heavy atom. The van der Waals surface area contributed by atoms with Gasteiger partial charge < -0.3 is 25.0 Å². The van der Waals surface area contributed by atoms with Gasteiger partial charge in [-0.15, -0.1) is 0 Å². The Morgan fingerprint density at radius 1 is 1.00 bits per heavy atom. The zero-order chi connectivity index (χ0) is 27.6. The molecule has 1 aromatic carbocycles. The summed E-state index contributed by atoms with van der Waals surface area (Å²) >= 11 is 0. The number of β-amino-alcohol motifs (C(OH)–C–C–N with tert-alkyl or cyclic N) is 1. The van der Waals surface area contributed by atoms with Gasteiger partial charge in [-0.1, -0.05) is 24.3 Å². The second-order valence-corrected chi connectivity index (χ2v) is 11.8. The Morgan fingerprint density at radius 3 is 2.44 bits per heavy atom. The first kappa shape index (κ1) is 27.3. The third kappa shape index (κ3) is 6.67. The van der Waals surface area contributed by atoms with Crippen molar-refractivity contribution in [1.82, 2.24) is 24.7 Å². The number of fused-ring (bicyclic) bond motifs is 1. The summed E-state index contributed by atoms with van der Waals surface area (Å²) in [6.45, 7) is 9.41. The Hall–Kier alpha value is -3.24. The van der Waals surface area contributed by atoms with Crippen molar-refractivity contribution < 1.29 is 19.4 Å². The molecule has 39 heavy (non-hydrogen) atoms. The van der Waals surface area contributed by atoms with Crippen LogP contribution in [0.1, 0.15) is 61.6 Å². The lowest BCUT2D eigenvalue weighted by Gasteiger charge is -2.43. The second kappa shape index (κ2) is 11.5. The van der Waals surface area contributed by atoms with E-state index in [0.717, 1.165) is 38.8 Å². The van der Waals surface area contributed by atoms with Crippen LogP contribution in [0.5, 0.6) is 0 Å². The van der Waals surface area contributed by atoms with Crippen LogP contribution in [-0.2, 0) is 17.7 Å². The van der Waals surface area contributed by atoms with E-state index in [9.17, 15) is 14.7 Å². The fourth-order valence-corrected chi connectivity index (χ4v) is 5.79. The third-order valence-corrected chi connectivity index (χ3v) is 7.85. The van der Waals surface area contributed by atoms with Crippen molar-refractivity contribution in [3.63, 3.8) is 0 Å². The number of rotatable bonds is 4. The quantitative estimate of drug-likeness (QED) is 0.614. The van der Waals surface area contributed by atoms with Gasteiger partial charge in [-0.05, 0) is 57.6 Å². The molecule has 2 aromatic rings. The van der Waals surface area contributed by atoms with Gasteiger partial charge in [0.25, 0.3) is 5.91 Å². The molecule has 210 valence electrons. The summed E-state index contributed by atoms with van der Waals surface area (Å²) in [5.41, 5.74) is 2.51. The molecule has 0 unspecified atom stereocenters. The summed E-state index contributed by atoms with van der Waals surface area (Å²) in [7, 11) is 0. The lowest BCUT2D eigenvalue weighted by molar-refractivity contribution is -0.0139. The average molecular weight is 537 g/mol. The van der Waals surface area contributed by atoms with E-state index in [1.807, 2.05) is 20.8 Å². The zero-order valence-electron chi connectivity index (χ0n) is 23.2. The molecular formula is C29H40N6O4.